The van der Waals surface area contributed by atoms with E-state index in [1.165, 1.54) is 6.07 Å². The van der Waals surface area contributed by atoms with Crippen LogP contribution in [-0.2, 0) is 0 Å². The van der Waals surface area contributed by atoms with Gasteiger partial charge in [-0.15, -0.1) is 0 Å². The number of hydrogen-bond acceptors (Lipinski definition) is 2. The van der Waals surface area contributed by atoms with E-state index in [1.54, 1.807) is 23.1 Å². The Morgan fingerprint density at radius 3 is 2.06 bits per heavy atom. The first kappa shape index (κ1) is 12.2. The molecule has 0 spiro atoms. The molecule has 0 bridgehead atoms. The SMILES string of the molecule is CCN(CC)C(=O)c1ccccc1C(=O)O. The fourth-order valence-electron chi connectivity index (χ4n) is 1.54. The monoisotopic (exact) mass is 221 g/mol. The van der Waals surface area contributed by atoms with E-state index in [0.717, 1.165) is 0 Å². The molecule has 0 unspecified atom stereocenters. The van der Waals surface area contributed by atoms with Gasteiger partial charge in [0.05, 0.1) is 11.1 Å². The van der Waals surface area contributed by atoms with Crippen LogP contribution in [0.25, 0.3) is 0 Å². The van der Waals surface area contributed by atoms with Crippen LogP contribution in [-0.4, -0.2) is 35.0 Å². The van der Waals surface area contributed by atoms with Crippen LogP contribution in [0.5, 0.6) is 0 Å². The van der Waals surface area contributed by atoms with Gasteiger partial charge in [0.15, 0.2) is 0 Å². The van der Waals surface area contributed by atoms with E-state index in [-0.39, 0.29) is 17.0 Å². The van der Waals surface area contributed by atoms with Crippen LogP contribution in [0.4, 0.5) is 0 Å². The molecule has 0 aliphatic heterocycles. The average molecular weight is 221 g/mol. The molecule has 0 saturated carbocycles. The van der Waals surface area contributed by atoms with Crippen LogP contribution in [0.1, 0.15) is 34.6 Å². The van der Waals surface area contributed by atoms with E-state index < -0.39 is 5.97 Å². The molecular weight excluding hydrogens is 206 g/mol. The molecule has 0 saturated heterocycles. The Labute approximate surface area is 94.5 Å². The first-order valence-corrected chi connectivity index (χ1v) is 5.23. The zero-order valence-electron chi connectivity index (χ0n) is 9.43. The third-order valence-corrected chi connectivity index (χ3v) is 2.44. The number of carbonyl (C=O) groups excluding carboxylic acids is 1. The van der Waals surface area contributed by atoms with Crippen LogP contribution in [0.3, 0.4) is 0 Å². The van der Waals surface area contributed by atoms with E-state index in [9.17, 15) is 9.59 Å². The van der Waals surface area contributed by atoms with Crippen molar-refractivity contribution < 1.29 is 14.7 Å². The zero-order chi connectivity index (χ0) is 12.1. The van der Waals surface area contributed by atoms with Gasteiger partial charge >= 0.3 is 5.97 Å². The molecule has 0 aliphatic rings. The van der Waals surface area contributed by atoms with Crippen molar-refractivity contribution in [3.8, 4) is 0 Å². The largest absolute Gasteiger partial charge is 0.478 e. The highest BCUT2D eigenvalue weighted by molar-refractivity contribution is 6.04. The second-order valence-corrected chi connectivity index (χ2v) is 3.33. The van der Waals surface area contributed by atoms with Crippen LogP contribution in [0.2, 0.25) is 0 Å². The van der Waals surface area contributed by atoms with Gasteiger partial charge in [-0.05, 0) is 26.0 Å². The Morgan fingerprint density at radius 1 is 1.12 bits per heavy atom. The minimum atomic E-state index is -1.07. The molecule has 0 aromatic heterocycles. The van der Waals surface area contributed by atoms with Gasteiger partial charge in [-0.1, -0.05) is 12.1 Å². The fourth-order valence-corrected chi connectivity index (χ4v) is 1.54. The van der Waals surface area contributed by atoms with Gasteiger partial charge in [0.25, 0.3) is 5.91 Å². The topological polar surface area (TPSA) is 57.6 Å². The number of carboxylic acid groups (broad SMARTS) is 1. The second-order valence-electron chi connectivity index (χ2n) is 3.33. The fraction of sp³-hybridized carbons (Fsp3) is 0.333. The van der Waals surface area contributed by atoms with Crippen LogP contribution < -0.4 is 0 Å². The van der Waals surface area contributed by atoms with E-state index in [1.807, 2.05) is 13.8 Å². The van der Waals surface area contributed by atoms with Gasteiger partial charge in [-0.25, -0.2) is 4.79 Å². The summed E-state index contributed by atoms with van der Waals surface area (Å²) in [4.78, 5) is 24.5. The molecule has 0 aliphatic carbocycles. The number of carbonyl (C=O) groups is 2. The van der Waals surface area contributed by atoms with Gasteiger partial charge < -0.3 is 10.0 Å². The van der Waals surface area contributed by atoms with Crippen molar-refractivity contribution in [2.45, 2.75) is 13.8 Å². The predicted molar refractivity (Wildman–Crippen MR) is 60.7 cm³/mol. The molecule has 0 heterocycles. The standard InChI is InChI=1S/C12H15NO3/c1-3-13(4-2)11(14)9-7-5-6-8-10(9)12(15)16/h5-8H,3-4H2,1-2H3,(H,15,16). The summed E-state index contributed by atoms with van der Waals surface area (Å²) in [5.41, 5.74) is 0.304. The summed E-state index contributed by atoms with van der Waals surface area (Å²) in [6.07, 6.45) is 0. The number of rotatable bonds is 4. The average Bonchev–Trinajstić information content (AvgIpc) is 2.30. The molecule has 0 atom stereocenters. The lowest BCUT2D eigenvalue weighted by molar-refractivity contribution is 0.0678. The summed E-state index contributed by atoms with van der Waals surface area (Å²) in [5, 5.41) is 8.97. The third kappa shape index (κ3) is 2.39. The van der Waals surface area contributed by atoms with Crippen molar-refractivity contribution >= 4 is 11.9 Å². The maximum atomic E-state index is 12.0. The minimum absolute atomic E-state index is 0.0550. The summed E-state index contributed by atoms with van der Waals surface area (Å²) >= 11 is 0. The highest BCUT2D eigenvalue weighted by Gasteiger charge is 2.19. The third-order valence-electron chi connectivity index (χ3n) is 2.44. The molecule has 0 fully saturated rings. The number of benzene rings is 1. The molecule has 1 aromatic rings. The molecule has 16 heavy (non-hydrogen) atoms. The molecule has 4 nitrogen and oxygen atoms in total. The Bertz CT molecular complexity index is 397. The normalized spacial score (nSPS) is 9.88. The molecule has 86 valence electrons. The number of amides is 1. The van der Waals surface area contributed by atoms with Crippen molar-refractivity contribution in [2.24, 2.45) is 0 Å². The van der Waals surface area contributed by atoms with Gasteiger partial charge in [-0.2, -0.15) is 0 Å². The Hall–Kier alpha value is -1.84. The highest BCUT2D eigenvalue weighted by atomic mass is 16.4. The Morgan fingerprint density at radius 2 is 1.62 bits per heavy atom. The quantitative estimate of drug-likeness (QED) is 0.844. The molecule has 0 radical (unpaired) electrons. The number of nitrogens with zero attached hydrogens (tertiary/aromatic N) is 1. The highest BCUT2D eigenvalue weighted by Crippen LogP contribution is 2.11. The van der Waals surface area contributed by atoms with Gasteiger partial charge in [0.1, 0.15) is 0 Å². The summed E-state index contributed by atoms with van der Waals surface area (Å²) in [5.74, 6) is -1.31. The number of aromatic carboxylic acids is 1. The second kappa shape index (κ2) is 5.30. The van der Waals surface area contributed by atoms with Crippen LogP contribution in [0.15, 0.2) is 24.3 Å². The molecule has 4 heteroatoms. The van der Waals surface area contributed by atoms with E-state index in [4.69, 9.17) is 5.11 Å². The number of carboxylic acids is 1. The maximum Gasteiger partial charge on any atom is 0.336 e. The number of hydrogen-bond donors (Lipinski definition) is 1. The molecule has 1 rings (SSSR count). The predicted octanol–water partition coefficient (Wildman–Crippen LogP) is 1.87. The lowest BCUT2D eigenvalue weighted by Gasteiger charge is -2.19. The lowest BCUT2D eigenvalue weighted by atomic mass is 10.1. The van der Waals surface area contributed by atoms with Crippen molar-refractivity contribution in [1.82, 2.24) is 4.90 Å². The summed E-state index contributed by atoms with van der Waals surface area (Å²) in [6.45, 7) is 4.88. The van der Waals surface area contributed by atoms with Crippen LogP contribution in [0, 0.1) is 0 Å². The van der Waals surface area contributed by atoms with E-state index in [2.05, 4.69) is 0 Å². The summed E-state index contributed by atoms with van der Waals surface area (Å²) in [7, 11) is 0. The van der Waals surface area contributed by atoms with Crippen molar-refractivity contribution in [3.05, 3.63) is 35.4 Å². The first-order chi connectivity index (χ1) is 7.61. The van der Waals surface area contributed by atoms with E-state index in [0.29, 0.717) is 13.1 Å². The van der Waals surface area contributed by atoms with Crippen LogP contribution >= 0.6 is 0 Å². The van der Waals surface area contributed by atoms with Crippen molar-refractivity contribution in [2.75, 3.05) is 13.1 Å². The summed E-state index contributed by atoms with van der Waals surface area (Å²) in [6, 6.07) is 6.27. The van der Waals surface area contributed by atoms with E-state index >= 15 is 0 Å². The van der Waals surface area contributed by atoms with Crippen molar-refractivity contribution in [3.63, 3.8) is 0 Å². The summed E-state index contributed by atoms with van der Waals surface area (Å²) < 4.78 is 0. The van der Waals surface area contributed by atoms with Crippen molar-refractivity contribution in [1.29, 1.82) is 0 Å². The smallest absolute Gasteiger partial charge is 0.336 e. The molecule has 1 N–H and O–H groups in total. The lowest BCUT2D eigenvalue weighted by Crippen LogP contribution is -2.31. The van der Waals surface area contributed by atoms with Gasteiger partial charge in [0.2, 0.25) is 0 Å². The molecular formula is C12H15NO3. The Balaban J connectivity index is 3.12. The Kier molecular flexibility index (Phi) is 4.05. The van der Waals surface area contributed by atoms with Gasteiger partial charge in [-0.3, -0.25) is 4.79 Å². The first-order valence-electron chi connectivity index (χ1n) is 5.23. The molecule has 1 aromatic carbocycles. The van der Waals surface area contributed by atoms with Gasteiger partial charge in [0, 0.05) is 13.1 Å². The maximum absolute atomic E-state index is 12.0. The molecule has 1 amide bonds. The zero-order valence-corrected chi connectivity index (χ0v) is 9.43. The minimum Gasteiger partial charge on any atom is -0.478 e.